The maximum atomic E-state index is 12.4. The maximum absolute atomic E-state index is 12.4. The number of carbonyl (C=O) groups excluding carboxylic acids is 3. The second kappa shape index (κ2) is 23.1. The summed E-state index contributed by atoms with van der Waals surface area (Å²) in [5, 5.41) is 0. The number of nitrogens with zero attached hydrogens (tertiary/aromatic N) is 5. The number of pyridine rings is 3. The number of fused-ring (bicyclic) bond motifs is 7. The van der Waals surface area contributed by atoms with Gasteiger partial charge in [0.1, 0.15) is 5.82 Å². The fourth-order valence-corrected chi connectivity index (χ4v) is 9.60. The van der Waals surface area contributed by atoms with E-state index in [0.717, 1.165) is 67.6 Å². The van der Waals surface area contributed by atoms with Crippen LogP contribution in [0.1, 0.15) is 77.3 Å². The Balaban J connectivity index is 0.000000134. The van der Waals surface area contributed by atoms with Crippen molar-refractivity contribution in [2.45, 2.75) is 20.4 Å². The molecule has 1 aliphatic carbocycles. The molecule has 0 unspecified atom stereocenters. The minimum atomic E-state index is -0.129. The van der Waals surface area contributed by atoms with Crippen molar-refractivity contribution in [1.29, 1.82) is 0 Å². The minimum absolute atomic E-state index is 0.103. The molecule has 6 heterocycles. The van der Waals surface area contributed by atoms with Gasteiger partial charge >= 0.3 is 0 Å². The van der Waals surface area contributed by atoms with Crippen molar-refractivity contribution < 1.29 is 33.0 Å². The monoisotopic (exact) mass is 1020 g/mol. The van der Waals surface area contributed by atoms with Gasteiger partial charge in [-0.15, -0.1) is 35.4 Å². The molecule has 10 nitrogen and oxygen atoms in total. The third-order valence-corrected chi connectivity index (χ3v) is 13.6. The summed E-state index contributed by atoms with van der Waals surface area (Å²) in [6.45, 7) is 11.4. The van der Waals surface area contributed by atoms with Gasteiger partial charge in [-0.25, -0.2) is 4.98 Å². The highest BCUT2D eigenvalue weighted by molar-refractivity contribution is 6.19. The first-order valence-electron chi connectivity index (χ1n) is 25.5. The molecule has 0 amide bonds. The number of hydrogen-bond acceptors (Lipinski definition) is 7. The molecule has 78 heavy (non-hydrogen) atoms. The molecule has 0 saturated heterocycles. The second-order valence-electron chi connectivity index (χ2n) is 18.7. The summed E-state index contributed by atoms with van der Waals surface area (Å²) < 4.78 is 17.4. The molecule has 3 aliphatic rings. The molecule has 2 aliphatic heterocycles. The maximum Gasteiger partial charge on any atom is 0.247 e. The van der Waals surface area contributed by atoms with Crippen LogP contribution >= 0.6 is 0 Å². The van der Waals surface area contributed by atoms with Crippen molar-refractivity contribution in [3.8, 4) is 22.8 Å². The first-order valence-corrected chi connectivity index (χ1v) is 25.5. The predicted octanol–water partition coefficient (Wildman–Crippen LogP) is 13.1. The van der Waals surface area contributed by atoms with Crippen LogP contribution in [0.5, 0.6) is 11.5 Å². The molecular weight excluding hydrogens is 967 g/mol. The fourth-order valence-electron chi connectivity index (χ4n) is 9.60. The van der Waals surface area contributed by atoms with Crippen LogP contribution in [-0.4, -0.2) is 38.7 Å². The summed E-state index contributed by atoms with van der Waals surface area (Å²) in [5.41, 5.74) is 18.0. The molecule has 10 heteroatoms. The Hall–Kier alpha value is -10.2. The number of rotatable bonds is 8. The molecule has 6 aromatic carbocycles. The standard InChI is InChI=1S/C26H22N3O2.C26H19N2O.2C8H7O/c1-16-24(19-7-5-4-6-8-19)20(13-18-9-10-22-23(14-18)31-15-30-22)26-25-21(11-12-29(16)26)28(3)17(2)27-25;29-25(20-7-2-1-3-8-20)18-28-15-12-19(13-16-28)17-24-21-9-4-5-10-22(21)26-23(24)11-6-14-27-26;2*1-7(9)8-5-3-2-4-6-8/h4-14H,15H2,1-3H3;1-17H,18H2;2*2-6H,1H2/q2*+1;2*-1. The van der Waals surface area contributed by atoms with E-state index in [-0.39, 0.29) is 24.1 Å². The highest BCUT2D eigenvalue weighted by atomic mass is 16.7. The van der Waals surface area contributed by atoms with Crippen molar-refractivity contribution in [3.05, 3.63) is 289 Å². The zero-order valence-corrected chi connectivity index (χ0v) is 43.5. The highest BCUT2D eigenvalue weighted by Gasteiger charge is 2.37. The van der Waals surface area contributed by atoms with Crippen molar-refractivity contribution >= 4 is 63.0 Å². The van der Waals surface area contributed by atoms with Crippen LogP contribution in [0, 0.1) is 20.8 Å². The van der Waals surface area contributed by atoms with Crippen LogP contribution in [-0.2, 0) is 13.6 Å². The zero-order chi connectivity index (χ0) is 54.1. The normalized spacial score (nSPS) is 13.3. The van der Waals surface area contributed by atoms with E-state index in [1.165, 1.54) is 33.5 Å². The number of carbonyl (C=O) groups is 3. The van der Waals surface area contributed by atoms with E-state index in [1.807, 2.05) is 127 Å². The summed E-state index contributed by atoms with van der Waals surface area (Å²) in [7, 11) is 2.07. The van der Waals surface area contributed by atoms with Gasteiger partial charge in [-0.05, 0) is 65.1 Å². The number of Topliss-reactive ketones (excluding diaryl/α,β-unsaturated/α-hetero) is 3. The van der Waals surface area contributed by atoms with E-state index in [0.29, 0.717) is 17.7 Å². The SMILES string of the molecule is CC1=C(c2ccccc2)C(=Cc2ccc3c(c2)OCO3)c2c3nc(C)n(C)c3cc[n+]21.O=C(C[n+]1ccc(C=C2c3ccccc3-c3ncccc32)cc1)c1ccccc1.[CH2-]C(=O)c1ccccc1.[CH2-]C(=O)c1ccccc1. The van der Waals surface area contributed by atoms with Crippen molar-refractivity contribution in [2.24, 2.45) is 7.05 Å². The lowest BCUT2D eigenvalue weighted by molar-refractivity contribution is -0.683. The fraction of sp³-hybridized carbons (Fsp3) is 0.0735. The number of aryl methyl sites for hydroxylation is 2. The summed E-state index contributed by atoms with van der Waals surface area (Å²) in [6.07, 6.45) is 12.3. The Kier molecular flexibility index (Phi) is 15.2. The first kappa shape index (κ1) is 51.3. The molecule has 0 atom stereocenters. The van der Waals surface area contributed by atoms with Gasteiger partial charge in [0, 0.05) is 66.6 Å². The Labute approximate surface area is 454 Å². The number of benzene rings is 6. The van der Waals surface area contributed by atoms with Gasteiger partial charge in [-0.1, -0.05) is 133 Å². The summed E-state index contributed by atoms with van der Waals surface area (Å²) in [5.74, 6) is 2.42. The number of imidazole rings is 1. The molecule has 0 bridgehead atoms. The second-order valence-corrected chi connectivity index (χ2v) is 18.7. The van der Waals surface area contributed by atoms with Gasteiger partial charge in [0.15, 0.2) is 41.3 Å². The van der Waals surface area contributed by atoms with Gasteiger partial charge in [-0.2, -0.15) is 23.0 Å². The molecule has 0 N–H and O–H groups in total. The smallest absolute Gasteiger partial charge is 0.247 e. The van der Waals surface area contributed by atoms with Gasteiger partial charge in [0.2, 0.25) is 24.8 Å². The van der Waals surface area contributed by atoms with Gasteiger partial charge in [-0.3, -0.25) is 9.78 Å². The number of ketones is 3. The molecule has 13 rings (SSSR count). The third-order valence-electron chi connectivity index (χ3n) is 13.6. The van der Waals surface area contributed by atoms with Crippen molar-refractivity contribution in [1.82, 2.24) is 14.5 Å². The van der Waals surface area contributed by atoms with E-state index in [2.05, 4.69) is 133 Å². The van der Waals surface area contributed by atoms with Crippen LogP contribution in [0.3, 0.4) is 0 Å². The van der Waals surface area contributed by atoms with Crippen molar-refractivity contribution in [2.75, 3.05) is 6.79 Å². The molecule has 4 aromatic heterocycles. The number of allylic oxidation sites excluding steroid dienone is 3. The molecular formula is C68H55N5O5. The average Bonchev–Trinajstić information content (AvgIpc) is 4.35. The van der Waals surface area contributed by atoms with E-state index >= 15 is 0 Å². The van der Waals surface area contributed by atoms with Crippen molar-refractivity contribution in [3.63, 3.8) is 0 Å². The lowest BCUT2D eigenvalue weighted by Gasteiger charge is -2.05. The van der Waals surface area contributed by atoms with Gasteiger partial charge in [0.25, 0.3) is 0 Å². The van der Waals surface area contributed by atoms with Gasteiger partial charge in [0.05, 0.1) is 22.4 Å². The zero-order valence-electron chi connectivity index (χ0n) is 43.5. The Morgan fingerprint density at radius 3 is 1.78 bits per heavy atom. The Bertz CT molecular complexity index is 3840. The van der Waals surface area contributed by atoms with Crippen LogP contribution in [0.4, 0.5) is 0 Å². The van der Waals surface area contributed by atoms with Crippen LogP contribution in [0.15, 0.2) is 219 Å². The number of aromatic nitrogens is 5. The topological polar surface area (TPSA) is 108 Å². The van der Waals surface area contributed by atoms with E-state index < -0.39 is 0 Å². The highest BCUT2D eigenvalue weighted by Crippen LogP contribution is 2.44. The number of hydrogen-bond donors (Lipinski definition) is 0. The van der Waals surface area contributed by atoms with Crippen LogP contribution in [0.25, 0.3) is 56.9 Å². The third kappa shape index (κ3) is 11.1. The quantitative estimate of drug-likeness (QED) is 0.0847. The largest absolute Gasteiger partial charge is 0.454 e. The Morgan fingerprint density at radius 1 is 0.590 bits per heavy atom. The first-order chi connectivity index (χ1) is 38.0. The van der Waals surface area contributed by atoms with Crippen LogP contribution in [0.2, 0.25) is 0 Å². The Morgan fingerprint density at radius 2 is 1.15 bits per heavy atom. The predicted molar refractivity (Wildman–Crippen MR) is 308 cm³/mol. The van der Waals surface area contributed by atoms with E-state index in [9.17, 15) is 14.4 Å². The van der Waals surface area contributed by atoms with Gasteiger partial charge < -0.3 is 23.6 Å². The summed E-state index contributed by atoms with van der Waals surface area (Å²) in [4.78, 5) is 43.0. The van der Waals surface area contributed by atoms with E-state index in [4.69, 9.17) is 14.5 Å². The molecule has 382 valence electrons. The molecule has 0 fully saturated rings. The lowest BCUT2D eigenvalue weighted by Crippen LogP contribution is -2.37. The average molecular weight is 1020 g/mol. The number of ether oxygens (including phenoxy) is 2. The summed E-state index contributed by atoms with van der Waals surface area (Å²) in [6, 6.07) is 62.7. The molecule has 0 spiro atoms. The van der Waals surface area contributed by atoms with E-state index in [1.54, 1.807) is 24.3 Å². The molecule has 0 radical (unpaired) electrons. The summed E-state index contributed by atoms with van der Waals surface area (Å²) >= 11 is 0. The minimum Gasteiger partial charge on any atom is -0.454 e. The molecule has 10 aromatic rings. The van der Waals surface area contributed by atoms with Crippen LogP contribution < -0.4 is 18.6 Å². The lowest BCUT2D eigenvalue weighted by atomic mass is 9.94. The molecule has 0 saturated carbocycles.